The van der Waals surface area contributed by atoms with Crippen LogP contribution in [-0.4, -0.2) is 31.1 Å². The van der Waals surface area contributed by atoms with Crippen LogP contribution >= 0.6 is 0 Å². The monoisotopic (exact) mass is 220 g/mol. The number of hydrogen-bond donors (Lipinski definition) is 0. The van der Waals surface area contributed by atoms with E-state index in [2.05, 4.69) is 23.5 Å². The Hall–Kier alpha value is -0.760. The van der Waals surface area contributed by atoms with Crippen LogP contribution in [0.25, 0.3) is 0 Å². The molecule has 0 aromatic heterocycles. The maximum atomic E-state index is 5.68. The van der Waals surface area contributed by atoms with Crippen LogP contribution in [0.3, 0.4) is 0 Å². The lowest BCUT2D eigenvalue weighted by Gasteiger charge is -2.14. The summed E-state index contributed by atoms with van der Waals surface area (Å²) in [7, 11) is 0. The van der Waals surface area contributed by atoms with E-state index in [9.17, 15) is 0 Å². The number of unbranched alkanes of at least 4 members (excludes halogenated alkanes) is 1. The van der Waals surface area contributed by atoms with Crippen LogP contribution in [-0.2, 0) is 4.74 Å². The highest BCUT2D eigenvalue weighted by atomic mass is 16.5. The Morgan fingerprint density at radius 1 is 1.19 bits per heavy atom. The second-order valence-electron chi connectivity index (χ2n) is 4.54. The van der Waals surface area contributed by atoms with Crippen LogP contribution in [0, 0.1) is 6.42 Å². The van der Waals surface area contributed by atoms with Gasteiger partial charge in [0, 0.05) is 0 Å². The zero-order valence-electron chi connectivity index (χ0n) is 10.0. The predicted molar refractivity (Wildman–Crippen MR) is 67.0 cm³/mol. The van der Waals surface area contributed by atoms with E-state index in [1.165, 1.54) is 45.3 Å². The fraction of sp³-hybridized carbons (Fsp3) is 0.643. The third-order valence-corrected chi connectivity index (χ3v) is 3.19. The third-order valence-electron chi connectivity index (χ3n) is 3.19. The lowest BCUT2D eigenvalue weighted by Crippen LogP contribution is -2.20. The SMILES string of the molecule is [CH]1C=CC(OCCCCN2CCCC2)=CC1. The summed E-state index contributed by atoms with van der Waals surface area (Å²) in [5.41, 5.74) is 0. The molecule has 2 aliphatic rings. The molecule has 1 aliphatic heterocycles. The van der Waals surface area contributed by atoms with Crippen molar-refractivity contribution in [2.75, 3.05) is 26.2 Å². The van der Waals surface area contributed by atoms with Gasteiger partial charge in [-0.3, -0.25) is 0 Å². The Kier molecular flexibility index (Phi) is 4.94. The maximum absolute atomic E-state index is 5.68. The number of rotatable bonds is 6. The van der Waals surface area contributed by atoms with Crippen LogP contribution in [0.15, 0.2) is 24.0 Å². The van der Waals surface area contributed by atoms with Crippen LogP contribution in [0.5, 0.6) is 0 Å². The molecule has 1 radical (unpaired) electrons. The van der Waals surface area contributed by atoms with Crippen molar-refractivity contribution in [2.45, 2.75) is 32.1 Å². The second-order valence-corrected chi connectivity index (χ2v) is 4.54. The van der Waals surface area contributed by atoms with Crippen molar-refractivity contribution in [1.29, 1.82) is 0 Å². The van der Waals surface area contributed by atoms with Gasteiger partial charge in [-0.25, -0.2) is 0 Å². The van der Waals surface area contributed by atoms with Gasteiger partial charge in [0.25, 0.3) is 0 Å². The van der Waals surface area contributed by atoms with Gasteiger partial charge in [0.2, 0.25) is 0 Å². The summed E-state index contributed by atoms with van der Waals surface area (Å²) in [4.78, 5) is 2.56. The fourth-order valence-corrected chi connectivity index (χ4v) is 2.23. The van der Waals surface area contributed by atoms with Gasteiger partial charge in [-0.1, -0.05) is 6.08 Å². The maximum Gasteiger partial charge on any atom is 0.115 e. The van der Waals surface area contributed by atoms with Crippen molar-refractivity contribution < 1.29 is 4.74 Å². The average molecular weight is 220 g/mol. The molecule has 0 unspecified atom stereocenters. The normalized spacial score (nSPS) is 21.1. The highest BCUT2D eigenvalue weighted by molar-refractivity contribution is 5.21. The van der Waals surface area contributed by atoms with Gasteiger partial charge in [0.05, 0.1) is 6.61 Å². The first kappa shape index (κ1) is 11.7. The summed E-state index contributed by atoms with van der Waals surface area (Å²) in [5, 5.41) is 0. The van der Waals surface area contributed by atoms with E-state index in [0.29, 0.717) is 0 Å². The number of nitrogens with zero attached hydrogens (tertiary/aromatic N) is 1. The van der Waals surface area contributed by atoms with E-state index in [1.54, 1.807) is 0 Å². The van der Waals surface area contributed by atoms with E-state index in [-0.39, 0.29) is 0 Å². The van der Waals surface area contributed by atoms with Gasteiger partial charge in [-0.2, -0.15) is 0 Å². The summed E-state index contributed by atoms with van der Waals surface area (Å²) >= 11 is 0. The molecule has 0 amide bonds. The minimum atomic E-state index is 0.865. The van der Waals surface area contributed by atoms with E-state index < -0.39 is 0 Å². The number of allylic oxidation sites excluding steroid dienone is 3. The van der Waals surface area contributed by atoms with Crippen molar-refractivity contribution >= 4 is 0 Å². The van der Waals surface area contributed by atoms with Crippen molar-refractivity contribution in [2.24, 2.45) is 0 Å². The Morgan fingerprint density at radius 2 is 2.06 bits per heavy atom. The number of ether oxygens (including phenoxy) is 1. The van der Waals surface area contributed by atoms with Gasteiger partial charge in [-0.15, -0.1) is 0 Å². The predicted octanol–water partition coefficient (Wildman–Crippen LogP) is 2.93. The summed E-state index contributed by atoms with van der Waals surface area (Å²) in [6.45, 7) is 4.74. The van der Waals surface area contributed by atoms with E-state index in [0.717, 1.165) is 18.8 Å². The zero-order chi connectivity index (χ0) is 11.1. The molecule has 0 saturated carbocycles. The molecular weight excluding hydrogens is 198 g/mol. The molecule has 0 N–H and O–H groups in total. The molecule has 2 nitrogen and oxygen atoms in total. The Morgan fingerprint density at radius 3 is 2.81 bits per heavy atom. The minimum Gasteiger partial charge on any atom is -0.494 e. The van der Waals surface area contributed by atoms with Crippen molar-refractivity contribution in [3.63, 3.8) is 0 Å². The summed E-state index contributed by atoms with van der Waals surface area (Å²) in [6, 6.07) is 0. The van der Waals surface area contributed by atoms with Crippen LogP contribution in [0.2, 0.25) is 0 Å². The van der Waals surface area contributed by atoms with E-state index >= 15 is 0 Å². The van der Waals surface area contributed by atoms with Crippen molar-refractivity contribution in [3.8, 4) is 0 Å². The molecule has 2 heteroatoms. The first-order valence-corrected chi connectivity index (χ1v) is 6.50. The number of likely N-dealkylation sites (tertiary alicyclic amines) is 1. The smallest absolute Gasteiger partial charge is 0.115 e. The zero-order valence-corrected chi connectivity index (χ0v) is 10.0. The molecule has 1 fully saturated rings. The van der Waals surface area contributed by atoms with E-state index in [1.807, 2.05) is 6.08 Å². The lowest BCUT2D eigenvalue weighted by atomic mass is 10.2. The quantitative estimate of drug-likeness (QED) is 0.638. The molecule has 2 rings (SSSR count). The molecule has 16 heavy (non-hydrogen) atoms. The molecule has 1 aliphatic carbocycles. The molecule has 0 aromatic rings. The molecule has 0 bridgehead atoms. The van der Waals surface area contributed by atoms with Gasteiger partial charge in [-0.05, 0) is 70.3 Å². The van der Waals surface area contributed by atoms with Gasteiger partial charge in [0.1, 0.15) is 5.76 Å². The number of hydrogen-bond acceptors (Lipinski definition) is 2. The molecule has 89 valence electrons. The fourth-order valence-electron chi connectivity index (χ4n) is 2.23. The van der Waals surface area contributed by atoms with Crippen molar-refractivity contribution in [1.82, 2.24) is 4.90 Å². The largest absolute Gasteiger partial charge is 0.494 e. The second kappa shape index (κ2) is 6.74. The van der Waals surface area contributed by atoms with Crippen LogP contribution in [0.1, 0.15) is 32.1 Å². The summed E-state index contributed by atoms with van der Waals surface area (Å²) in [6.07, 6.45) is 14.6. The Bertz CT molecular complexity index is 251. The van der Waals surface area contributed by atoms with Gasteiger partial charge < -0.3 is 9.64 Å². The molecule has 0 atom stereocenters. The highest BCUT2D eigenvalue weighted by Gasteiger charge is 2.10. The van der Waals surface area contributed by atoms with Gasteiger partial charge >= 0.3 is 0 Å². The lowest BCUT2D eigenvalue weighted by molar-refractivity contribution is 0.209. The van der Waals surface area contributed by atoms with Crippen molar-refractivity contribution in [3.05, 3.63) is 30.4 Å². The Balaban J connectivity index is 1.48. The minimum absolute atomic E-state index is 0.865. The van der Waals surface area contributed by atoms with E-state index in [4.69, 9.17) is 4.74 Å². The summed E-state index contributed by atoms with van der Waals surface area (Å²) < 4.78 is 5.68. The van der Waals surface area contributed by atoms with Crippen LogP contribution < -0.4 is 0 Å². The molecule has 1 saturated heterocycles. The first-order chi connectivity index (χ1) is 7.95. The summed E-state index contributed by atoms with van der Waals surface area (Å²) in [5.74, 6) is 1.05. The third kappa shape index (κ3) is 4.01. The average Bonchev–Trinajstić information content (AvgIpc) is 2.83. The topological polar surface area (TPSA) is 12.5 Å². The molecule has 0 aromatic carbocycles. The molecule has 1 heterocycles. The van der Waals surface area contributed by atoms with Crippen LogP contribution in [0.4, 0.5) is 0 Å². The standard InChI is InChI=1S/C14H22NO/c1-2-8-14(9-3-1)16-13-7-6-12-15-10-4-5-11-15/h1-2,8-9H,3-7,10-13H2. The molecular formula is C14H22NO. The Labute approximate surface area is 99.0 Å². The molecule has 0 spiro atoms. The first-order valence-electron chi connectivity index (χ1n) is 6.50. The van der Waals surface area contributed by atoms with Gasteiger partial charge in [0.15, 0.2) is 0 Å². The highest BCUT2D eigenvalue weighted by Crippen LogP contribution is 2.11.